The average molecular weight is 761 g/mol. The van der Waals surface area contributed by atoms with Crippen LogP contribution in [0.4, 0.5) is 39.5 Å². The molecule has 1 saturated heterocycles. The van der Waals surface area contributed by atoms with Crippen LogP contribution >= 0.6 is 0 Å². The van der Waals surface area contributed by atoms with Crippen LogP contribution < -0.4 is 0 Å². The van der Waals surface area contributed by atoms with E-state index in [1.807, 2.05) is 0 Å². The summed E-state index contributed by atoms with van der Waals surface area (Å²) in [7, 11) is 0. The minimum absolute atomic E-state index is 0.0329. The van der Waals surface area contributed by atoms with Gasteiger partial charge in [0.2, 0.25) is 0 Å². The molecule has 296 valence electrons. The SMILES string of the molecule is C=C(C)C(=O)OC1CC(C(=O)OC(CC(C)(C)OC(C)(C)C(C)(O)C(F)(F)F)C(C)(C)OC(C)(C)C(O)(C(F)(F)F)C(F)(F)F)C2CC1OC2=O. The summed E-state index contributed by atoms with van der Waals surface area (Å²) in [5.74, 6) is -5.66. The fourth-order valence-corrected chi connectivity index (χ4v) is 6.29. The van der Waals surface area contributed by atoms with E-state index < -0.39 is 107 Å². The van der Waals surface area contributed by atoms with Crippen LogP contribution in [-0.2, 0) is 38.1 Å². The van der Waals surface area contributed by atoms with Gasteiger partial charge in [-0.15, -0.1) is 0 Å². The molecule has 1 saturated carbocycles. The highest BCUT2D eigenvalue weighted by Gasteiger charge is 2.78. The Morgan fingerprint density at radius 1 is 0.824 bits per heavy atom. The van der Waals surface area contributed by atoms with E-state index in [0.29, 0.717) is 6.92 Å². The molecule has 10 nitrogen and oxygen atoms in total. The number of hydrogen-bond acceptors (Lipinski definition) is 10. The van der Waals surface area contributed by atoms with Gasteiger partial charge in [-0.3, -0.25) is 9.59 Å². The second-order valence-electron chi connectivity index (χ2n) is 15.4. The number of esters is 3. The zero-order valence-corrected chi connectivity index (χ0v) is 29.8. The summed E-state index contributed by atoms with van der Waals surface area (Å²) < 4.78 is 152. The zero-order valence-electron chi connectivity index (χ0n) is 29.8. The van der Waals surface area contributed by atoms with Gasteiger partial charge in [0.15, 0.2) is 5.60 Å². The van der Waals surface area contributed by atoms with Crippen molar-refractivity contribution in [1.82, 2.24) is 0 Å². The Hall–Kier alpha value is -2.64. The van der Waals surface area contributed by atoms with Gasteiger partial charge in [-0.1, -0.05) is 6.58 Å². The number of carbonyl (C=O) groups is 3. The fraction of sp³-hybridized carbons (Fsp3) is 0.844. The molecule has 0 amide bonds. The lowest BCUT2D eigenvalue weighted by Gasteiger charge is -2.50. The normalized spacial score (nSPS) is 24.4. The highest BCUT2D eigenvalue weighted by atomic mass is 19.4. The van der Waals surface area contributed by atoms with E-state index in [9.17, 15) is 64.1 Å². The lowest BCUT2D eigenvalue weighted by Crippen LogP contribution is -2.71. The molecule has 2 bridgehead atoms. The second kappa shape index (κ2) is 13.6. The van der Waals surface area contributed by atoms with Crippen molar-refractivity contribution in [3.05, 3.63) is 12.2 Å². The number of alkyl halides is 9. The van der Waals surface area contributed by atoms with Crippen molar-refractivity contribution in [3.63, 3.8) is 0 Å². The summed E-state index contributed by atoms with van der Waals surface area (Å²) in [4.78, 5) is 38.7. The van der Waals surface area contributed by atoms with Gasteiger partial charge in [0.25, 0.3) is 5.60 Å². The van der Waals surface area contributed by atoms with Gasteiger partial charge < -0.3 is 33.9 Å². The van der Waals surface area contributed by atoms with Gasteiger partial charge >= 0.3 is 36.4 Å². The van der Waals surface area contributed by atoms with Crippen molar-refractivity contribution in [2.24, 2.45) is 11.8 Å². The Labute approximate surface area is 288 Å². The van der Waals surface area contributed by atoms with Crippen LogP contribution in [0.15, 0.2) is 12.2 Å². The van der Waals surface area contributed by atoms with Crippen LogP contribution in [0.5, 0.6) is 0 Å². The van der Waals surface area contributed by atoms with Gasteiger partial charge in [-0.2, -0.15) is 39.5 Å². The second-order valence-corrected chi connectivity index (χ2v) is 15.4. The maximum Gasteiger partial charge on any atom is 0.429 e. The summed E-state index contributed by atoms with van der Waals surface area (Å²) in [5, 5.41) is 20.6. The largest absolute Gasteiger partial charge is 0.459 e. The Morgan fingerprint density at radius 2 is 1.31 bits per heavy atom. The molecule has 0 aromatic carbocycles. The van der Waals surface area contributed by atoms with E-state index in [-0.39, 0.29) is 32.3 Å². The predicted molar refractivity (Wildman–Crippen MR) is 158 cm³/mol. The first-order valence-corrected chi connectivity index (χ1v) is 15.7. The first kappa shape index (κ1) is 44.5. The lowest BCUT2D eigenvalue weighted by atomic mass is 9.78. The van der Waals surface area contributed by atoms with Crippen LogP contribution in [0.2, 0.25) is 0 Å². The molecule has 6 unspecified atom stereocenters. The molecule has 1 aliphatic carbocycles. The summed E-state index contributed by atoms with van der Waals surface area (Å²) in [5.41, 5.74) is -19.4. The highest BCUT2D eigenvalue weighted by molar-refractivity contribution is 5.88. The van der Waals surface area contributed by atoms with Crippen LogP contribution in [0.25, 0.3) is 0 Å². The molecule has 2 fully saturated rings. The minimum atomic E-state index is -6.36. The molecule has 0 aromatic rings. The van der Waals surface area contributed by atoms with Crippen LogP contribution in [0, 0.1) is 11.8 Å². The van der Waals surface area contributed by atoms with E-state index in [1.54, 1.807) is 0 Å². The van der Waals surface area contributed by atoms with Crippen molar-refractivity contribution in [2.45, 2.75) is 159 Å². The predicted octanol–water partition coefficient (Wildman–Crippen LogP) is 6.04. The van der Waals surface area contributed by atoms with Crippen molar-refractivity contribution in [2.75, 3.05) is 0 Å². The molecule has 0 spiro atoms. The third-order valence-corrected chi connectivity index (χ3v) is 9.53. The van der Waals surface area contributed by atoms with E-state index in [0.717, 1.165) is 41.5 Å². The van der Waals surface area contributed by atoms with E-state index in [2.05, 4.69) is 6.58 Å². The third-order valence-electron chi connectivity index (χ3n) is 9.53. The van der Waals surface area contributed by atoms with Gasteiger partial charge in [-0.25, -0.2) is 4.79 Å². The first-order valence-electron chi connectivity index (χ1n) is 15.7. The van der Waals surface area contributed by atoms with E-state index >= 15 is 0 Å². The molecule has 2 N–H and O–H groups in total. The number of ether oxygens (including phenoxy) is 5. The number of aliphatic hydroxyl groups is 2. The Bertz CT molecular complexity index is 1330. The zero-order chi connectivity index (χ0) is 40.4. The maximum atomic E-state index is 13.9. The highest BCUT2D eigenvalue weighted by Crippen LogP contribution is 2.52. The maximum absolute atomic E-state index is 13.9. The smallest absolute Gasteiger partial charge is 0.429 e. The molecule has 2 rings (SSSR count). The lowest BCUT2D eigenvalue weighted by molar-refractivity contribution is -0.422. The fourth-order valence-electron chi connectivity index (χ4n) is 6.29. The standard InChI is InChI=1S/C32H45F9O10/c1-15(2)21(42)47-18-13-17(16-12-19(18)48-22(16)43)23(44)49-20(14-24(3,4)50-26(7,8)28(11,45)30(33,34)35)25(5,6)51-27(9,10)29(46,31(36,37)38)32(39,40)41/h16-20,45-46H,1,12-14H2,2-11H3. The molecule has 6 atom stereocenters. The third kappa shape index (κ3) is 8.78. The molecule has 19 heteroatoms. The molecule has 1 aliphatic heterocycles. The first-order chi connectivity index (χ1) is 22.4. The van der Waals surface area contributed by atoms with Crippen LogP contribution in [0.1, 0.15) is 88.5 Å². The molecule has 51 heavy (non-hydrogen) atoms. The topological polar surface area (TPSA) is 138 Å². The van der Waals surface area contributed by atoms with Gasteiger partial charge in [0, 0.05) is 24.8 Å². The van der Waals surface area contributed by atoms with Crippen LogP contribution in [-0.4, -0.2) is 98.6 Å². The summed E-state index contributed by atoms with van der Waals surface area (Å²) in [6, 6.07) is 0. The number of rotatable bonds is 13. The van der Waals surface area contributed by atoms with Gasteiger partial charge in [0.05, 0.1) is 17.4 Å². The monoisotopic (exact) mass is 760 g/mol. The Morgan fingerprint density at radius 3 is 1.75 bits per heavy atom. The van der Waals surface area contributed by atoms with Gasteiger partial charge in [0.1, 0.15) is 35.1 Å². The molecule has 0 aromatic heterocycles. The van der Waals surface area contributed by atoms with Crippen molar-refractivity contribution < 1.29 is 87.8 Å². The molecule has 0 radical (unpaired) electrons. The molecular formula is C32H45F9O10. The quantitative estimate of drug-likeness (QED) is 0.0989. The summed E-state index contributed by atoms with van der Waals surface area (Å²) >= 11 is 0. The Balaban J connectivity index is 2.62. The number of fused-ring (bicyclic) bond motifs is 2. The Kier molecular flexibility index (Phi) is 11.9. The molecule has 2 aliphatic rings. The summed E-state index contributed by atoms with van der Waals surface area (Å²) in [6.45, 7) is 11.6. The van der Waals surface area contributed by atoms with Crippen molar-refractivity contribution >= 4 is 17.9 Å². The minimum Gasteiger partial charge on any atom is -0.459 e. The van der Waals surface area contributed by atoms with Crippen LogP contribution in [0.3, 0.4) is 0 Å². The van der Waals surface area contributed by atoms with Crippen molar-refractivity contribution in [1.29, 1.82) is 0 Å². The average Bonchev–Trinajstić information content (AvgIpc) is 3.21. The number of hydrogen-bond donors (Lipinski definition) is 2. The van der Waals surface area contributed by atoms with E-state index in [1.165, 1.54) is 6.92 Å². The van der Waals surface area contributed by atoms with E-state index in [4.69, 9.17) is 23.7 Å². The van der Waals surface area contributed by atoms with Gasteiger partial charge in [-0.05, 0) is 69.2 Å². The number of halogens is 9. The molecular weight excluding hydrogens is 715 g/mol. The van der Waals surface area contributed by atoms with Crippen molar-refractivity contribution in [3.8, 4) is 0 Å². The number of carbonyl (C=O) groups excluding carboxylic acids is 3. The molecule has 1 heterocycles. The summed E-state index contributed by atoms with van der Waals surface area (Å²) in [6.07, 6.45) is -23.4.